The molecule has 0 fully saturated rings. The van der Waals surface area contributed by atoms with E-state index in [0.29, 0.717) is 17.9 Å². The fourth-order valence-corrected chi connectivity index (χ4v) is 0.928. The van der Waals surface area contributed by atoms with Gasteiger partial charge in [-0.15, -0.1) is 0 Å². The lowest BCUT2D eigenvalue weighted by atomic mass is 10.3. The van der Waals surface area contributed by atoms with E-state index >= 15 is 0 Å². The molecule has 1 aromatic heterocycles. The summed E-state index contributed by atoms with van der Waals surface area (Å²) in [7, 11) is 1.72. The van der Waals surface area contributed by atoms with Crippen LogP contribution in [0.4, 0.5) is 5.69 Å². The van der Waals surface area contributed by atoms with Crippen molar-refractivity contribution < 1.29 is 4.79 Å². The Morgan fingerprint density at radius 1 is 1.83 bits per heavy atom. The number of nitrogens with one attached hydrogen (secondary N) is 1. The Kier molecular flexibility index (Phi) is 2.32. The molecule has 0 atom stereocenters. The molecular weight excluding hydrogens is 156 g/mol. The number of hydrogen-bond acceptors (Lipinski definition) is 3. The van der Waals surface area contributed by atoms with Gasteiger partial charge in [-0.2, -0.15) is 5.10 Å². The molecule has 5 nitrogen and oxygen atoms in total. The van der Waals surface area contributed by atoms with E-state index in [1.807, 2.05) is 6.92 Å². The highest BCUT2D eigenvalue weighted by atomic mass is 16.1. The highest BCUT2D eigenvalue weighted by Gasteiger charge is 2.11. The molecule has 12 heavy (non-hydrogen) atoms. The number of carbonyl (C=O) groups is 1. The van der Waals surface area contributed by atoms with Crippen LogP contribution >= 0.6 is 0 Å². The van der Waals surface area contributed by atoms with Gasteiger partial charge in [0.05, 0.1) is 5.69 Å². The lowest BCUT2D eigenvalue weighted by molar-refractivity contribution is 0.0951. The van der Waals surface area contributed by atoms with E-state index in [2.05, 4.69) is 10.4 Å². The number of nitrogens with zero attached hydrogens (tertiary/aromatic N) is 2. The van der Waals surface area contributed by atoms with Gasteiger partial charge < -0.3 is 11.1 Å². The molecule has 3 N–H and O–H groups in total. The SMILES string of the molecule is CCNC(=O)c1nn(C)cc1N. The molecule has 0 aromatic carbocycles. The fourth-order valence-electron chi connectivity index (χ4n) is 0.928. The molecule has 0 unspecified atom stereocenters. The van der Waals surface area contributed by atoms with Gasteiger partial charge in [0.25, 0.3) is 5.91 Å². The molecule has 0 aliphatic carbocycles. The summed E-state index contributed by atoms with van der Waals surface area (Å²) in [5, 5.41) is 6.53. The van der Waals surface area contributed by atoms with Gasteiger partial charge in [0.2, 0.25) is 0 Å². The number of amides is 1. The third-order valence-electron chi connectivity index (χ3n) is 1.41. The zero-order chi connectivity index (χ0) is 9.14. The van der Waals surface area contributed by atoms with E-state index in [1.165, 1.54) is 4.68 Å². The van der Waals surface area contributed by atoms with Gasteiger partial charge in [-0.25, -0.2) is 0 Å². The van der Waals surface area contributed by atoms with Crippen molar-refractivity contribution in [3.63, 3.8) is 0 Å². The number of nitrogen functional groups attached to an aromatic ring is 1. The molecule has 0 aliphatic heterocycles. The molecule has 0 bridgehead atoms. The van der Waals surface area contributed by atoms with Gasteiger partial charge in [-0.1, -0.05) is 0 Å². The van der Waals surface area contributed by atoms with Crippen molar-refractivity contribution in [1.29, 1.82) is 0 Å². The van der Waals surface area contributed by atoms with Gasteiger partial charge in [-0.05, 0) is 6.92 Å². The van der Waals surface area contributed by atoms with Crippen molar-refractivity contribution in [2.45, 2.75) is 6.92 Å². The average Bonchev–Trinajstić information content (AvgIpc) is 2.30. The summed E-state index contributed by atoms with van der Waals surface area (Å²) in [5.41, 5.74) is 6.23. The number of carbonyl (C=O) groups excluding carboxylic acids is 1. The molecule has 0 aliphatic rings. The standard InChI is InChI=1S/C7H12N4O/c1-3-9-7(12)6-5(8)4-11(2)10-6/h4H,3,8H2,1-2H3,(H,9,12). The van der Waals surface area contributed by atoms with Crippen molar-refractivity contribution in [3.05, 3.63) is 11.9 Å². The van der Waals surface area contributed by atoms with Crippen LogP contribution in [0, 0.1) is 0 Å². The Morgan fingerprint density at radius 3 is 2.92 bits per heavy atom. The van der Waals surface area contributed by atoms with Gasteiger partial charge in [-0.3, -0.25) is 9.48 Å². The second kappa shape index (κ2) is 3.25. The largest absolute Gasteiger partial charge is 0.396 e. The Bertz CT molecular complexity index is 292. The molecule has 1 aromatic rings. The van der Waals surface area contributed by atoms with E-state index in [9.17, 15) is 4.79 Å². The van der Waals surface area contributed by atoms with Crippen LogP contribution in [0.15, 0.2) is 6.20 Å². The predicted molar refractivity (Wildman–Crippen MR) is 45.6 cm³/mol. The Hall–Kier alpha value is -1.52. The van der Waals surface area contributed by atoms with Crippen LogP contribution in [-0.4, -0.2) is 22.2 Å². The molecule has 1 heterocycles. The summed E-state index contributed by atoms with van der Waals surface area (Å²) in [5.74, 6) is -0.226. The lowest BCUT2D eigenvalue weighted by Crippen LogP contribution is -2.24. The lowest BCUT2D eigenvalue weighted by Gasteiger charge is -1.97. The van der Waals surface area contributed by atoms with Gasteiger partial charge >= 0.3 is 0 Å². The van der Waals surface area contributed by atoms with Crippen LogP contribution in [0.3, 0.4) is 0 Å². The smallest absolute Gasteiger partial charge is 0.273 e. The van der Waals surface area contributed by atoms with E-state index in [-0.39, 0.29) is 5.91 Å². The summed E-state index contributed by atoms with van der Waals surface area (Å²) in [6.07, 6.45) is 1.60. The van der Waals surface area contributed by atoms with Crippen LogP contribution in [0.25, 0.3) is 0 Å². The first-order chi connectivity index (χ1) is 5.65. The molecule has 0 spiro atoms. The van der Waals surface area contributed by atoms with E-state index in [1.54, 1.807) is 13.2 Å². The second-order valence-electron chi connectivity index (χ2n) is 2.47. The highest BCUT2D eigenvalue weighted by Crippen LogP contribution is 2.06. The molecule has 0 radical (unpaired) electrons. The minimum atomic E-state index is -0.226. The Labute approximate surface area is 70.5 Å². The van der Waals surface area contributed by atoms with Crippen LogP contribution in [0.1, 0.15) is 17.4 Å². The van der Waals surface area contributed by atoms with Crippen molar-refractivity contribution >= 4 is 11.6 Å². The summed E-state index contributed by atoms with van der Waals surface area (Å²) in [6, 6.07) is 0. The first kappa shape index (κ1) is 8.58. The van der Waals surface area contributed by atoms with Crippen LogP contribution in [-0.2, 0) is 7.05 Å². The number of aryl methyl sites for hydroxylation is 1. The van der Waals surface area contributed by atoms with E-state index in [0.717, 1.165) is 0 Å². The molecule has 66 valence electrons. The maximum atomic E-state index is 11.2. The van der Waals surface area contributed by atoms with Crippen LogP contribution in [0.5, 0.6) is 0 Å². The van der Waals surface area contributed by atoms with Crippen LogP contribution in [0.2, 0.25) is 0 Å². The number of rotatable bonds is 2. The van der Waals surface area contributed by atoms with E-state index in [4.69, 9.17) is 5.73 Å². The van der Waals surface area contributed by atoms with E-state index < -0.39 is 0 Å². The predicted octanol–water partition coefficient (Wildman–Crippen LogP) is -0.248. The minimum Gasteiger partial charge on any atom is -0.396 e. The number of nitrogens with two attached hydrogens (primary N) is 1. The van der Waals surface area contributed by atoms with Crippen molar-refractivity contribution in [2.24, 2.45) is 7.05 Å². The number of anilines is 1. The second-order valence-corrected chi connectivity index (χ2v) is 2.47. The topological polar surface area (TPSA) is 72.9 Å². The highest BCUT2D eigenvalue weighted by molar-refractivity contribution is 5.96. The van der Waals surface area contributed by atoms with Crippen molar-refractivity contribution in [3.8, 4) is 0 Å². The van der Waals surface area contributed by atoms with Crippen molar-refractivity contribution in [1.82, 2.24) is 15.1 Å². The normalized spacial score (nSPS) is 9.83. The molecule has 0 saturated heterocycles. The maximum absolute atomic E-state index is 11.2. The molecule has 1 rings (SSSR count). The third-order valence-corrected chi connectivity index (χ3v) is 1.41. The monoisotopic (exact) mass is 168 g/mol. The Morgan fingerprint density at radius 2 is 2.50 bits per heavy atom. The van der Waals surface area contributed by atoms with Crippen molar-refractivity contribution in [2.75, 3.05) is 12.3 Å². The molecule has 1 amide bonds. The molecule has 5 heteroatoms. The first-order valence-corrected chi connectivity index (χ1v) is 3.72. The van der Waals surface area contributed by atoms with Gasteiger partial charge in [0, 0.05) is 19.8 Å². The first-order valence-electron chi connectivity index (χ1n) is 3.72. The number of aromatic nitrogens is 2. The third kappa shape index (κ3) is 1.55. The van der Waals surface area contributed by atoms with Crippen LogP contribution < -0.4 is 11.1 Å². The fraction of sp³-hybridized carbons (Fsp3) is 0.429. The van der Waals surface area contributed by atoms with Gasteiger partial charge in [0.15, 0.2) is 5.69 Å². The van der Waals surface area contributed by atoms with Gasteiger partial charge in [0.1, 0.15) is 0 Å². The summed E-state index contributed by atoms with van der Waals surface area (Å²) >= 11 is 0. The minimum absolute atomic E-state index is 0.226. The zero-order valence-corrected chi connectivity index (χ0v) is 7.16. The maximum Gasteiger partial charge on any atom is 0.273 e. The number of hydrogen-bond donors (Lipinski definition) is 2. The Balaban J connectivity index is 2.87. The molecular formula is C7H12N4O. The summed E-state index contributed by atoms with van der Waals surface area (Å²) < 4.78 is 1.51. The summed E-state index contributed by atoms with van der Waals surface area (Å²) in [4.78, 5) is 11.2. The zero-order valence-electron chi connectivity index (χ0n) is 7.16. The quantitative estimate of drug-likeness (QED) is 0.639. The summed E-state index contributed by atoms with van der Waals surface area (Å²) in [6.45, 7) is 2.42. The average molecular weight is 168 g/mol. The molecule has 0 saturated carbocycles.